The van der Waals surface area contributed by atoms with E-state index >= 15 is 0 Å². The van der Waals surface area contributed by atoms with Crippen LogP contribution in [0, 0.1) is 18.6 Å². The van der Waals surface area contributed by atoms with Crippen molar-refractivity contribution >= 4 is 17.5 Å². The Labute approximate surface area is 149 Å². The first-order chi connectivity index (χ1) is 12.4. The van der Waals surface area contributed by atoms with Gasteiger partial charge in [-0.25, -0.2) is 13.8 Å². The van der Waals surface area contributed by atoms with Crippen molar-refractivity contribution in [3.05, 3.63) is 51.9 Å². The number of amides is 1. The van der Waals surface area contributed by atoms with E-state index in [0.29, 0.717) is 11.6 Å². The van der Waals surface area contributed by atoms with Crippen molar-refractivity contribution in [2.75, 3.05) is 23.3 Å². The molecule has 1 saturated heterocycles. The molecule has 0 saturated carbocycles. The van der Waals surface area contributed by atoms with Gasteiger partial charge in [0.15, 0.2) is 0 Å². The second kappa shape index (κ2) is 7.63. The number of aryl methyl sites for hydroxylation is 1. The van der Waals surface area contributed by atoms with Crippen LogP contribution in [-0.2, 0) is 11.3 Å². The van der Waals surface area contributed by atoms with Gasteiger partial charge in [0.1, 0.15) is 18.2 Å². The van der Waals surface area contributed by atoms with Gasteiger partial charge in [0, 0.05) is 36.6 Å². The van der Waals surface area contributed by atoms with Gasteiger partial charge in [-0.3, -0.25) is 14.2 Å². The maximum atomic E-state index is 13.3. The highest BCUT2D eigenvalue weighted by Crippen LogP contribution is 2.17. The molecule has 0 aliphatic carbocycles. The molecule has 1 aromatic heterocycles. The standard InChI is InChI=1S/C18H20F2N4O2/c1-12-7-17(26)24(18(21-12)23-5-3-2-4-6-23)11-16(25)22-15-9-13(19)8-14(20)10-15/h7-10H,2-6,11H2,1H3,(H,22,25). The maximum absolute atomic E-state index is 13.3. The Morgan fingerprint density at radius 2 is 1.77 bits per heavy atom. The molecular weight excluding hydrogens is 342 g/mol. The number of hydrogen-bond donors (Lipinski definition) is 1. The quantitative estimate of drug-likeness (QED) is 0.907. The van der Waals surface area contributed by atoms with Gasteiger partial charge in [-0.2, -0.15) is 0 Å². The lowest BCUT2D eigenvalue weighted by Crippen LogP contribution is -2.38. The zero-order valence-electron chi connectivity index (χ0n) is 14.5. The number of anilines is 2. The number of nitrogens with zero attached hydrogens (tertiary/aromatic N) is 3. The molecule has 0 atom stereocenters. The van der Waals surface area contributed by atoms with Crippen molar-refractivity contribution in [2.24, 2.45) is 0 Å². The third kappa shape index (κ3) is 4.25. The molecule has 8 heteroatoms. The van der Waals surface area contributed by atoms with Crippen LogP contribution in [0.25, 0.3) is 0 Å². The Balaban J connectivity index is 1.84. The van der Waals surface area contributed by atoms with E-state index in [1.54, 1.807) is 6.92 Å². The Bertz CT molecular complexity index is 856. The third-order valence-electron chi connectivity index (χ3n) is 4.20. The lowest BCUT2D eigenvalue weighted by molar-refractivity contribution is -0.116. The summed E-state index contributed by atoms with van der Waals surface area (Å²) in [4.78, 5) is 31.1. The molecule has 0 radical (unpaired) electrons. The van der Waals surface area contributed by atoms with Crippen molar-refractivity contribution < 1.29 is 13.6 Å². The summed E-state index contributed by atoms with van der Waals surface area (Å²) in [6, 6.07) is 4.12. The van der Waals surface area contributed by atoms with Crippen LogP contribution in [0.1, 0.15) is 25.0 Å². The van der Waals surface area contributed by atoms with E-state index in [1.807, 2.05) is 4.90 Å². The minimum absolute atomic E-state index is 0.000132. The molecule has 0 spiro atoms. The molecule has 2 aromatic rings. The summed E-state index contributed by atoms with van der Waals surface area (Å²) in [5.41, 5.74) is 0.248. The zero-order valence-corrected chi connectivity index (χ0v) is 14.5. The van der Waals surface area contributed by atoms with Crippen LogP contribution >= 0.6 is 0 Å². The first-order valence-electron chi connectivity index (χ1n) is 8.52. The van der Waals surface area contributed by atoms with Gasteiger partial charge in [0.05, 0.1) is 0 Å². The first kappa shape index (κ1) is 18.0. The molecule has 2 heterocycles. The van der Waals surface area contributed by atoms with Crippen LogP contribution in [0.3, 0.4) is 0 Å². The molecule has 0 unspecified atom stereocenters. The molecule has 26 heavy (non-hydrogen) atoms. The van der Waals surface area contributed by atoms with Gasteiger partial charge < -0.3 is 10.2 Å². The Morgan fingerprint density at radius 3 is 2.42 bits per heavy atom. The summed E-state index contributed by atoms with van der Waals surface area (Å²) in [7, 11) is 0. The van der Waals surface area contributed by atoms with Crippen molar-refractivity contribution in [1.29, 1.82) is 0 Å². The molecule has 1 aliphatic rings. The van der Waals surface area contributed by atoms with E-state index in [9.17, 15) is 18.4 Å². The zero-order chi connectivity index (χ0) is 18.7. The SMILES string of the molecule is Cc1cc(=O)n(CC(=O)Nc2cc(F)cc(F)c2)c(N2CCCCC2)n1. The number of carbonyl (C=O) groups is 1. The molecule has 6 nitrogen and oxygen atoms in total. The summed E-state index contributed by atoms with van der Waals surface area (Å²) in [6.07, 6.45) is 3.12. The van der Waals surface area contributed by atoms with Gasteiger partial charge in [0.2, 0.25) is 11.9 Å². The topological polar surface area (TPSA) is 67.2 Å². The van der Waals surface area contributed by atoms with Crippen LogP contribution < -0.4 is 15.8 Å². The van der Waals surface area contributed by atoms with Gasteiger partial charge in [-0.05, 0) is 38.3 Å². The van der Waals surface area contributed by atoms with Gasteiger partial charge in [-0.1, -0.05) is 0 Å². The van der Waals surface area contributed by atoms with Gasteiger partial charge in [0.25, 0.3) is 5.56 Å². The normalized spacial score (nSPS) is 14.3. The van der Waals surface area contributed by atoms with E-state index in [1.165, 1.54) is 10.6 Å². The molecule has 1 N–H and O–H groups in total. The summed E-state index contributed by atoms with van der Waals surface area (Å²) in [5, 5.41) is 2.42. The maximum Gasteiger partial charge on any atom is 0.255 e. The highest BCUT2D eigenvalue weighted by atomic mass is 19.1. The lowest BCUT2D eigenvalue weighted by Gasteiger charge is -2.29. The summed E-state index contributed by atoms with van der Waals surface area (Å²) in [6.45, 7) is 2.99. The van der Waals surface area contributed by atoms with Gasteiger partial charge >= 0.3 is 0 Å². The second-order valence-corrected chi connectivity index (χ2v) is 6.38. The van der Waals surface area contributed by atoms with Crippen LogP contribution in [0.4, 0.5) is 20.4 Å². The molecular formula is C18H20F2N4O2. The second-order valence-electron chi connectivity index (χ2n) is 6.38. The first-order valence-corrected chi connectivity index (χ1v) is 8.52. The monoisotopic (exact) mass is 362 g/mol. The highest BCUT2D eigenvalue weighted by Gasteiger charge is 2.19. The van der Waals surface area contributed by atoms with E-state index in [4.69, 9.17) is 0 Å². The minimum atomic E-state index is -0.788. The fraction of sp³-hybridized carbons (Fsp3) is 0.389. The van der Waals surface area contributed by atoms with E-state index in [2.05, 4.69) is 10.3 Å². The number of hydrogen-bond acceptors (Lipinski definition) is 4. The average Bonchev–Trinajstić information content (AvgIpc) is 2.57. The number of carbonyl (C=O) groups excluding carboxylic acids is 1. The van der Waals surface area contributed by atoms with Crippen LogP contribution in [0.2, 0.25) is 0 Å². The van der Waals surface area contributed by atoms with Crippen LogP contribution in [-0.4, -0.2) is 28.5 Å². The third-order valence-corrected chi connectivity index (χ3v) is 4.20. The fourth-order valence-electron chi connectivity index (χ4n) is 3.06. The molecule has 0 bridgehead atoms. The Morgan fingerprint density at radius 1 is 1.12 bits per heavy atom. The average molecular weight is 362 g/mol. The summed E-state index contributed by atoms with van der Waals surface area (Å²) >= 11 is 0. The van der Waals surface area contributed by atoms with E-state index in [0.717, 1.165) is 50.6 Å². The minimum Gasteiger partial charge on any atom is -0.342 e. The lowest BCUT2D eigenvalue weighted by atomic mass is 10.1. The molecule has 1 aromatic carbocycles. The number of benzene rings is 1. The molecule has 1 aliphatic heterocycles. The summed E-state index contributed by atoms with van der Waals surface area (Å²) in [5.74, 6) is -1.68. The number of rotatable bonds is 4. The van der Waals surface area contributed by atoms with Crippen LogP contribution in [0.5, 0.6) is 0 Å². The molecule has 1 amide bonds. The number of piperidine rings is 1. The van der Waals surface area contributed by atoms with E-state index in [-0.39, 0.29) is 17.8 Å². The largest absolute Gasteiger partial charge is 0.342 e. The molecule has 3 rings (SSSR count). The van der Waals surface area contributed by atoms with E-state index < -0.39 is 17.5 Å². The molecule has 1 fully saturated rings. The predicted octanol–water partition coefficient (Wildman–Crippen LogP) is 2.46. The van der Waals surface area contributed by atoms with Crippen molar-refractivity contribution in [3.8, 4) is 0 Å². The number of halogens is 2. The number of aromatic nitrogens is 2. The van der Waals surface area contributed by atoms with Crippen molar-refractivity contribution in [2.45, 2.75) is 32.7 Å². The smallest absolute Gasteiger partial charge is 0.255 e. The Kier molecular flexibility index (Phi) is 5.29. The van der Waals surface area contributed by atoms with Crippen molar-refractivity contribution in [3.63, 3.8) is 0 Å². The number of nitrogens with one attached hydrogen (secondary N) is 1. The van der Waals surface area contributed by atoms with Crippen molar-refractivity contribution in [1.82, 2.24) is 9.55 Å². The summed E-state index contributed by atoms with van der Waals surface area (Å²) < 4.78 is 27.8. The van der Waals surface area contributed by atoms with Crippen LogP contribution in [0.15, 0.2) is 29.1 Å². The highest BCUT2D eigenvalue weighted by molar-refractivity contribution is 5.90. The van der Waals surface area contributed by atoms with Gasteiger partial charge in [-0.15, -0.1) is 0 Å². The Hall–Kier alpha value is -2.77. The molecule has 138 valence electrons. The predicted molar refractivity (Wildman–Crippen MR) is 94.3 cm³/mol. The fourth-order valence-corrected chi connectivity index (χ4v) is 3.06.